The zero-order valence-corrected chi connectivity index (χ0v) is 13.0. The van der Waals surface area contributed by atoms with E-state index in [0.29, 0.717) is 13.2 Å². The smallest absolute Gasteiger partial charge is 0.191 e. The van der Waals surface area contributed by atoms with Crippen molar-refractivity contribution in [1.29, 1.82) is 0 Å². The molecule has 0 saturated carbocycles. The number of thioether (sulfide) groups is 1. The number of hydrogen-bond donors (Lipinski definition) is 3. The molecule has 0 aromatic carbocycles. The van der Waals surface area contributed by atoms with E-state index < -0.39 is 0 Å². The Balaban J connectivity index is 2.42. The molecule has 1 aromatic rings. The number of nitrogens with zero attached hydrogens (tertiary/aromatic N) is 2. The van der Waals surface area contributed by atoms with Crippen molar-refractivity contribution in [3.8, 4) is 0 Å². The van der Waals surface area contributed by atoms with Crippen molar-refractivity contribution in [2.75, 3.05) is 49.8 Å². The Morgan fingerprint density at radius 3 is 2.50 bits per heavy atom. The second-order valence-corrected chi connectivity index (χ2v) is 4.94. The van der Waals surface area contributed by atoms with Crippen LogP contribution < -0.4 is 10.6 Å². The first-order valence-corrected chi connectivity index (χ1v) is 8.12. The molecule has 0 aliphatic rings. The van der Waals surface area contributed by atoms with Gasteiger partial charge in [-0.1, -0.05) is 18.7 Å². The van der Waals surface area contributed by atoms with Crippen LogP contribution in [0.4, 0.5) is 11.6 Å². The number of aliphatic hydroxyl groups excluding tert-OH is 1. The van der Waals surface area contributed by atoms with Crippen molar-refractivity contribution >= 4 is 23.4 Å². The molecule has 0 unspecified atom stereocenters. The molecular weight excluding hydrogens is 276 g/mol. The Kier molecular flexibility index (Phi) is 9.10. The molecular formula is C13H24N4O2S. The first-order chi connectivity index (χ1) is 9.80. The SMILES string of the molecule is CCCNc1cc(NCCCOCCO)nc(SC)n1. The second kappa shape index (κ2) is 10.7. The summed E-state index contributed by atoms with van der Waals surface area (Å²) in [7, 11) is 0. The summed E-state index contributed by atoms with van der Waals surface area (Å²) in [5.41, 5.74) is 0. The number of anilines is 2. The molecule has 0 fully saturated rings. The van der Waals surface area contributed by atoms with Gasteiger partial charge < -0.3 is 20.5 Å². The number of aliphatic hydroxyl groups is 1. The minimum Gasteiger partial charge on any atom is -0.394 e. The van der Waals surface area contributed by atoms with Crippen LogP contribution in [0.3, 0.4) is 0 Å². The van der Waals surface area contributed by atoms with E-state index in [9.17, 15) is 0 Å². The van der Waals surface area contributed by atoms with E-state index in [1.807, 2.05) is 12.3 Å². The van der Waals surface area contributed by atoms with Gasteiger partial charge in [-0.2, -0.15) is 0 Å². The topological polar surface area (TPSA) is 79.3 Å². The highest BCUT2D eigenvalue weighted by Crippen LogP contribution is 2.17. The zero-order chi connectivity index (χ0) is 14.6. The third-order valence-electron chi connectivity index (χ3n) is 2.45. The van der Waals surface area contributed by atoms with Gasteiger partial charge in [0.2, 0.25) is 0 Å². The Hall–Kier alpha value is -1.05. The maximum absolute atomic E-state index is 8.59. The van der Waals surface area contributed by atoms with Crippen LogP contribution in [0.25, 0.3) is 0 Å². The third kappa shape index (κ3) is 6.93. The van der Waals surface area contributed by atoms with Crippen molar-refractivity contribution in [3.63, 3.8) is 0 Å². The molecule has 114 valence electrons. The number of hydrogen-bond acceptors (Lipinski definition) is 7. The van der Waals surface area contributed by atoms with Crippen LogP contribution in [0.2, 0.25) is 0 Å². The van der Waals surface area contributed by atoms with Crippen LogP contribution in [0.5, 0.6) is 0 Å². The molecule has 0 aliphatic heterocycles. The lowest BCUT2D eigenvalue weighted by molar-refractivity contribution is 0.0922. The number of rotatable bonds is 11. The Bertz CT molecular complexity index is 379. The van der Waals surface area contributed by atoms with E-state index in [0.717, 1.165) is 42.7 Å². The Morgan fingerprint density at radius 2 is 1.90 bits per heavy atom. The summed E-state index contributed by atoms with van der Waals surface area (Å²) in [4.78, 5) is 8.82. The van der Waals surface area contributed by atoms with Gasteiger partial charge in [-0.3, -0.25) is 0 Å². The van der Waals surface area contributed by atoms with Crippen LogP contribution in [0, 0.1) is 0 Å². The van der Waals surface area contributed by atoms with Crippen molar-refractivity contribution in [3.05, 3.63) is 6.07 Å². The van der Waals surface area contributed by atoms with Crippen molar-refractivity contribution in [1.82, 2.24) is 9.97 Å². The van der Waals surface area contributed by atoms with Gasteiger partial charge in [-0.15, -0.1) is 0 Å². The number of nitrogens with one attached hydrogen (secondary N) is 2. The van der Waals surface area contributed by atoms with Crippen LogP contribution >= 0.6 is 11.8 Å². The maximum atomic E-state index is 8.59. The highest BCUT2D eigenvalue weighted by molar-refractivity contribution is 7.98. The van der Waals surface area contributed by atoms with Gasteiger partial charge in [0.15, 0.2) is 5.16 Å². The first kappa shape index (κ1) is 17.0. The van der Waals surface area contributed by atoms with Crippen molar-refractivity contribution in [2.24, 2.45) is 0 Å². The predicted octanol–water partition coefficient (Wildman–Crippen LogP) is 1.83. The largest absolute Gasteiger partial charge is 0.394 e. The molecule has 3 N–H and O–H groups in total. The average Bonchev–Trinajstić information content (AvgIpc) is 2.48. The van der Waals surface area contributed by atoms with Gasteiger partial charge >= 0.3 is 0 Å². The van der Waals surface area contributed by atoms with E-state index in [1.165, 1.54) is 11.8 Å². The molecule has 1 heterocycles. The number of aromatic nitrogens is 2. The lowest BCUT2D eigenvalue weighted by atomic mass is 10.4. The van der Waals surface area contributed by atoms with Crippen LogP contribution in [0.15, 0.2) is 11.2 Å². The monoisotopic (exact) mass is 300 g/mol. The van der Waals surface area contributed by atoms with Gasteiger partial charge in [0.1, 0.15) is 11.6 Å². The Labute approximate surface area is 124 Å². The minimum atomic E-state index is 0.0723. The molecule has 6 nitrogen and oxygen atoms in total. The predicted molar refractivity (Wildman–Crippen MR) is 83.6 cm³/mol. The summed E-state index contributed by atoms with van der Waals surface area (Å²) in [5, 5.41) is 15.9. The first-order valence-electron chi connectivity index (χ1n) is 6.89. The van der Waals surface area contributed by atoms with E-state index in [4.69, 9.17) is 9.84 Å². The van der Waals surface area contributed by atoms with E-state index in [-0.39, 0.29) is 6.61 Å². The van der Waals surface area contributed by atoms with Crippen molar-refractivity contribution in [2.45, 2.75) is 24.9 Å². The molecule has 0 amide bonds. The van der Waals surface area contributed by atoms with Gasteiger partial charge in [-0.05, 0) is 19.1 Å². The normalized spacial score (nSPS) is 10.6. The van der Waals surface area contributed by atoms with E-state index >= 15 is 0 Å². The molecule has 1 aromatic heterocycles. The summed E-state index contributed by atoms with van der Waals surface area (Å²) in [6.45, 7) is 4.91. The molecule has 0 bridgehead atoms. The maximum Gasteiger partial charge on any atom is 0.191 e. The molecule has 20 heavy (non-hydrogen) atoms. The van der Waals surface area contributed by atoms with Gasteiger partial charge in [0.25, 0.3) is 0 Å². The third-order valence-corrected chi connectivity index (χ3v) is 3.00. The molecule has 7 heteroatoms. The van der Waals surface area contributed by atoms with Crippen molar-refractivity contribution < 1.29 is 9.84 Å². The molecule has 1 rings (SSSR count). The fourth-order valence-corrected chi connectivity index (χ4v) is 1.89. The van der Waals surface area contributed by atoms with Gasteiger partial charge in [-0.25, -0.2) is 9.97 Å². The summed E-state index contributed by atoms with van der Waals surface area (Å²) < 4.78 is 5.20. The van der Waals surface area contributed by atoms with Gasteiger partial charge in [0.05, 0.1) is 13.2 Å². The molecule has 0 atom stereocenters. The summed E-state index contributed by atoms with van der Waals surface area (Å²) in [6.07, 6.45) is 3.89. The fourth-order valence-electron chi connectivity index (χ4n) is 1.51. The lowest BCUT2D eigenvalue weighted by Gasteiger charge is -2.10. The number of ether oxygens (including phenoxy) is 1. The second-order valence-electron chi connectivity index (χ2n) is 4.17. The highest BCUT2D eigenvalue weighted by Gasteiger charge is 2.03. The minimum absolute atomic E-state index is 0.0723. The van der Waals surface area contributed by atoms with Crippen LogP contribution in [0.1, 0.15) is 19.8 Å². The van der Waals surface area contributed by atoms with Crippen LogP contribution in [-0.2, 0) is 4.74 Å². The summed E-state index contributed by atoms with van der Waals surface area (Å²) >= 11 is 1.53. The molecule has 0 aliphatic carbocycles. The lowest BCUT2D eigenvalue weighted by Crippen LogP contribution is -2.10. The quantitative estimate of drug-likeness (QED) is 0.327. The molecule has 0 radical (unpaired) electrons. The highest BCUT2D eigenvalue weighted by atomic mass is 32.2. The Morgan fingerprint density at radius 1 is 1.20 bits per heavy atom. The van der Waals surface area contributed by atoms with Gasteiger partial charge in [0, 0.05) is 25.8 Å². The molecule has 0 spiro atoms. The average molecular weight is 300 g/mol. The summed E-state index contributed by atoms with van der Waals surface area (Å²) in [6, 6.07) is 1.92. The standard InChI is InChI=1S/C13H24N4O2S/c1-3-5-14-11-10-12(17-13(16-11)20-2)15-6-4-8-19-9-7-18/h10,18H,3-9H2,1-2H3,(H2,14,15,16,17). The van der Waals surface area contributed by atoms with E-state index in [2.05, 4.69) is 27.5 Å². The zero-order valence-electron chi connectivity index (χ0n) is 12.2. The molecule has 0 saturated heterocycles. The van der Waals surface area contributed by atoms with E-state index in [1.54, 1.807) is 0 Å². The summed E-state index contributed by atoms with van der Waals surface area (Å²) in [5.74, 6) is 1.68. The fraction of sp³-hybridized carbons (Fsp3) is 0.692. The van der Waals surface area contributed by atoms with Crippen LogP contribution in [-0.4, -0.2) is 54.2 Å².